The van der Waals surface area contributed by atoms with E-state index in [-0.39, 0.29) is 23.5 Å². The van der Waals surface area contributed by atoms with Gasteiger partial charge in [-0.15, -0.1) is 0 Å². The molecule has 1 aliphatic carbocycles. The summed E-state index contributed by atoms with van der Waals surface area (Å²) in [5.74, 6) is 0.667. The van der Waals surface area contributed by atoms with Crippen LogP contribution >= 0.6 is 0 Å². The third-order valence-electron chi connectivity index (χ3n) is 7.39. The number of anilines is 1. The molecular formula is C26H33FN4O3. The van der Waals surface area contributed by atoms with Crippen molar-refractivity contribution in [2.45, 2.75) is 51.0 Å². The molecule has 1 aliphatic heterocycles. The summed E-state index contributed by atoms with van der Waals surface area (Å²) in [6.45, 7) is 2.90. The number of hydrogen-bond donors (Lipinski definition) is 1. The number of nitrogens with zero attached hydrogens (tertiary/aromatic N) is 3. The molecule has 0 spiro atoms. The Bertz CT molecular complexity index is 992. The van der Waals surface area contributed by atoms with Crippen LogP contribution in [0.3, 0.4) is 0 Å². The number of urea groups is 1. The number of nitro groups is 1. The van der Waals surface area contributed by atoms with Crippen molar-refractivity contribution in [2.24, 2.45) is 17.6 Å². The predicted octanol–water partition coefficient (Wildman–Crippen LogP) is 5.13. The molecule has 7 nitrogen and oxygen atoms in total. The Balaban J connectivity index is 1.40. The summed E-state index contributed by atoms with van der Waals surface area (Å²) in [6.07, 6.45) is 7.15. The fourth-order valence-electron chi connectivity index (χ4n) is 5.64. The number of benzene rings is 2. The number of halogens is 1. The maximum Gasteiger partial charge on any atom is 0.319 e. The van der Waals surface area contributed by atoms with E-state index in [0.29, 0.717) is 11.6 Å². The van der Waals surface area contributed by atoms with Crippen LogP contribution in [-0.4, -0.2) is 41.5 Å². The van der Waals surface area contributed by atoms with Gasteiger partial charge in [-0.3, -0.25) is 15.0 Å². The lowest BCUT2D eigenvalue weighted by Crippen LogP contribution is -2.52. The Morgan fingerprint density at radius 3 is 2.47 bits per heavy atom. The summed E-state index contributed by atoms with van der Waals surface area (Å²) < 4.78 is 13.2. The van der Waals surface area contributed by atoms with Crippen LogP contribution in [-0.2, 0) is 6.42 Å². The highest BCUT2D eigenvalue weighted by molar-refractivity contribution is 5.91. The van der Waals surface area contributed by atoms with E-state index in [0.717, 1.165) is 64.6 Å². The third-order valence-corrected chi connectivity index (χ3v) is 7.39. The van der Waals surface area contributed by atoms with Crippen LogP contribution in [0, 0.1) is 27.8 Å². The molecule has 1 saturated carbocycles. The zero-order chi connectivity index (χ0) is 24.1. The van der Waals surface area contributed by atoms with Gasteiger partial charge < -0.3 is 10.6 Å². The van der Waals surface area contributed by atoms with E-state index >= 15 is 0 Å². The van der Waals surface area contributed by atoms with E-state index in [1.54, 1.807) is 17.0 Å². The third kappa shape index (κ3) is 5.91. The van der Waals surface area contributed by atoms with Crippen molar-refractivity contribution >= 4 is 17.4 Å². The lowest BCUT2D eigenvalue weighted by atomic mass is 9.82. The minimum atomic E-state index is -0.560. The Hall–Kier alpha value is -3.00. The van der Waals surface area contributed by atoms with Gasteiger partial charge in [-0.25, -0.2) is 9.18 Å². The van der Waals surface area contributed by atoms with Gasteiger partial charge in [0.05, 0.1) is 10.6 Å². The van der Waals surface area contributed by atoms with Gasteiger partial charge in [0, 0.05) is 24.7 Å². The normalized spacial score (nSPS) is 21.8. The largest absolute Gasteiger partial charge is 0.351 e. The fourth-order valence-corrected chi connectivity index (χ4v) is 5.64. The lowest BCUT2D eigenvalue weighted by Gasteiger charge is -2.42. The molecule has 2 amide bonds. The molecule has 2 fully saturated rings. The second-order valence-electron chi connectivity index (χ2n) is 9.67. The number of primary amides is 1. The average Bonchev–Trinajstić information content (AvgIpc) is 2.83. The number of amides is 2. The molecule has 34 heavy (non-hydrogen) atoms. The number of piperidine rings is 1. The van der Waals surface area contributed by atoms with E-state index in [9.17, 15) is 19.3 Å². The smallest absolute Gasteiger partial charge is 0.319 e. The minimum absolute atomic E-state index is 0.0423. The molecule has 1 heterocycles. The second-order valence-corrected chi connectivity index (χ2v) is 9.67. The number of carbonyl (C=O) groups excluding carboxylic acids is 1. The van der Waals surface area contributed by atoms with Gasteiger partial charge in [0.2, 0.25) is 0 Å². The molecule has 1 saturated heterocycles. The fraction of sp³-hybridized carbons (Fsp3) is 0.500. The standard InChI is InChI=1S/C26H33FN4O3/c27-22-10-8-19(9-11-22)16-20-12-14-29(15-13-20)18-21-4-1-2-7-25(21)30(26(28)32)23-5-3-6-24(17-23)31(33)34/h3,5-6,8-11,17,20-21,25H,1-2,4,7,12-16,18H2,(H2,28,32). The van der Waals surface area contributed by atoms with E-state index in [1.165, 1.54) is 29.8 Å². The van der Waals surface area contributed by atoms with E-state index in [4.69, 9.17) is 5.73 Å². The van der Waals surface area contributed by atoms with Gasteiger partial charge in [-0.1, -0.05) is 31.0 Å². The maximum atomic E-state index is 13.2. The number of non-ortho nitro benzene ring substituents is 1. The maximum absolute atomic E-state index is 13.2. The highest BCUT2D eigenvalue weighted by atomic mass is 19.1. The molecule has 8 heteroatoms. The van der Waals surface area contributed by atoms with E-state index in [1.807, 2.05) is 12.1 Å². The van der Waals surface area contributed by atoms with E-state index < -0.39 is 11.0 Å². The van der Waals surface area contributed by atoms with Gasteiger partial charge in [0.15, 0.2) is 0 Å². The Morgan fingerprint density at radius 2 is 1.79 bits per heavy atom. The number of carbonyl (C=O) groups is 1. The zero-order valence-electron chi connectivity index (χ0n) is 19.4. The van der Waals surface area contributed by atoms with Gasteiger partial charge in [-0.05, 0) is 80.8 Å². The van der Waals surface area contributed by atoms with Crippen LogP contribution in [0.25, 0.3) is 0 Å². The topological polar surface area (TPSA) is 92.7 Å². The van der Waals surface area contributed by atoms with Gasteiger partial charge in [0.1, 0.15) is 5.82 Å². The summed E-state index contributed by atoms with van der Waals surface area (Å²) in [4.78, 5) is 27.4. The molecule has 2 N–H and O–H groups in total. The highest BCUT2D eigenvalue weighted by Crippen LogP contribution is 2.34. The molecule has 2 aromatic carbocycles. The van der Waals surface area contributed by atoms with Crippen LogP contribution in [0.4, 0.5) is 20.6 Å². The van der Waals surface area contributed by atoms with Crippen LogP contribution in [0.2, 0.25) is 0 Å². The van der Waals surface area contributed by atoms with Crippen molar-refractivity contribution in [3.05, 3.63) is 70.0 Å². The predicted molar refractivity (Wildman–Crippen MR) is 130 cm³/mol. The Labute approximate surface area is 199 Å². The van der Waals surface area contributed by atoms with Crippen LogP contribution in [0.5, 0.6) is 0 Å². The van der Waals surface area contributed by atoms with Crippen LogP contribution in [0.1, 0.15) is 44.1 Å². The van der Waals surface area contributed by atoms with Crippen LogP contribution < -0.4 is 10.6 Å². The minimum Gasteiger partial charge on any atom is -0.351 e. The summed E-state index contributed by atoms with van der Waals surface area (Å²) in [5.41, 5.74) is 7.44. The molecule has 0 aromatic heterocycles. The highest BCUT2D eigenvalue weighted by Gasteiger charge is 2.35. The zero-order valence-corrected chi connectivity index (χ0v) is 19.4. The van der Waals surface area contributed by atoms with Gasteiger partial charge in [0.25, 0.3) is 5.69 Å². The molecule has 2 aliphatic rings. The Kier molecular flexibility index (Phi) is 7.77. The SMILES string of the molecule is NC(=O)N(c1cccc([N+](=O)[O-])c1)C1CCCCC1CN1CCC(Cc2ccc(F)cc2)CC1. The molecule has 2 unspecified atom stereocenters. The summed E-state index contributed by atoms with van der Waals surface area (Å²) in [7, 11) is 0. The number of rotatable bonds is 7. The van der Waals surface area contributed by atoms with Crippen molar-refractivity contribution in [1.82, 2.24) is 4.90 Å². The van der Waals surface area contributed by atoms with Crippen molar-refractivity contribution in [2.75, 3.05) is 24.5 Å². The molecule has 4 rings (SSSR count). The van der Waals surface area contributed by atoms with Crippen molar-refractivity contribution in [3.63, 3.8) is 0 Å². The van der Waals surface area contributed by atoms with E-state index in [2.05, 4.69) is 4.90 Å². The average molecular weight is 469 g/mol. The van der Waals surface area contributed by atoms with Gasteiger partial charge >= 0.3 is 6.03 Å². The summed E-state index contributed by atoms with van der Waals surface area (Å²) in [6, 6.07) is 12.4. The second kappa shape index (κ2) is 11.0. The molecule has 2 atom stereocenters. The van der Waals surface area contributed by atoms with Gasteiger partial charge in [-0.2, -0.15) is 0 Å². The van der Waals surface area contributed by atoms with Crippen molar-refractivity contribution < 1.29 is 14.1 Å². The first kappa shape index (κ1) is 24.1. The first-order chi connectivity index (χ1) is 16.4. The quantitative estimate of drug-likeness (QED) is 0.450. The molecule has 182 valence electrons. The number of nitro benzene ring substituents is 1. The number of nitrogens with two attached hydrogens (primary N) is 1. The molecule has 2 aromatic rings. The summed E-state index contributed by atoms with van der Waals surface area (Å²) in [5, 5.41) is 11.3. The molecule has 0 radical (unpaired) electrons. The lowest BCUT2D eigenvalue weighted by molar-refractivity contribution is -0.384. The van der Waals surface area contributed by atoms with Crippen molar-refractivity contribution in [1.29, 1.82) is 0 Å². The first-order valence-electron chi connectivity index (χ1n) is 12.2. The number of likely N-dealkylation sites (tertiary alicyclic amines) is 1. The summed E-state index contributed by atoms with van der Waals surface area (Å²) >= 11 is 0. The number of hydrogen-bond acceptors (Lipinski definition) is 4. The van der Waals surface area contributed by atoms with Crippen molar-refractivity contribution in [3.8, 4) is 0 Å². The first-order valence-corrected chi connectivity index (χ1v) is 12.2. The monoisotopic (exact) mass is 468 g/mol. The van der Waals surface area contributed by atoms with Crippen LogP contribution in [0.15, 0.2) is 48.5 Å². The Morgan fingerprint density at radius 1 is 1.09 bits per heavy atom. The molecule has 0 bridgehead atoms. The molecular weight excluding hydrogens is 435 g/mol.